The Labute approximate surface area is 320 Å². The van der Waals surface area contributed by atoms with Crippen molar-refractivity contribution in [2.75, 3.05) is 26.4 Å². The normalized spacial score (nSPS) is 12.7. The van der Waals surface area contributed by atoms with Crippen LogP contribution in [0.3, 0.4) is 0 Å². The molecule has 0 aliphatic carbocycles. The van der Waals surface area contributed by atoms with E-state index >= 15 is 0 Å². The summed E-state index contributed by atoms with van der Waals surface area (Å²) in [5.41, 5.74) is -2.54. The molecular weight excluding hydrogens is 656 g/mol. The number of ether oxygens (including phenoxy) is 4. The number of unbranched alkanes of at least 4 members (excludes halogenated alkanes) is 11. The largest absolute Gasteiger partial charge is 0.465 e. The molecule has 0 aliphatic heterocycles. The molecule has 0 heterocycles. The molecule has 1 atom stereocenters. The van der Waals surface area contributed by atoms with E-state index in [0.29, 0.717) is 31.1 Å². The van der Waals surface area contributed by atoms with Gasteiger partial charge in [-0.2, -0.15) is 0 Å². The zero-order chi connectivity index (χ0) is 39.3. The van der Waals surface area contributed by atoms with Crippen molar-refractivity contribution in [2.45, 2.75) is 210 Å². The number of esters is 4. The summed E-state index contributed by atoms with van der Waals surface area (Å²) in [6, 6.07) is 0. The lowest BCUT2D eigenvalue weighted by atomic mass is 9.66. The number of carbonyl (C=O) groups is 4. The van der Waals surface area contributed by atoms with Crippen LogP contribution in [0.2, 0.25) is 0 Å². The maximum Gasteiger partial charge on any atom is 0.323 e. The summed E-state index contributed by atoms with van der Waals surface area (Å²) in [6.07, 6.45) is 20.8. The topological polar surface area (TPSA) is 105 Å². The molecule has 0 saturated heterocycles. The van der Waals surface area contributed by atoms with Crippen molar-refractivity contribution in [3.8, 4) is 0 Å². The Hall–Kier alpha value is -2.12. The van der Waals surface area contributed by atoms with Crippen LogP contribution in [0.1, 0.15) is 210 Å². The van der Waals surface area contributed by atoms with Gasteiger partial charge in [-0.1, -0.05) is 144 Å². The Balaban J connectivity index is 5.84. The van der Waals surface area contributed by atoms with Gasteiger partial charge in [-0.15, -0.1) is 0 Å². The van der Waals surface area contributed by atoms with Gasteiger partial charge < -0.3 is 18.9 Å². The molecule has 0 radical (unpaired) electrons. The lowest BCUT2D eigenvalue weighted by molar-refractivity contribution is -0.174. The van der Waals surface area contributed by atoms with Crippen LogP contribution in [0.4, 0.5) is 0 Å². The first kappa shape index (κ1) is 49.9. The van der Waals surface area contributed by atoms with E-state index in [1.807, 2.05) is 0 Å². The second-order valence-corrected chi connectivity index (χ2v) is 15.0. The van der Waals surface area contributed by atoms with Gasteiger partial charge in [-0.25, -0.2) is 0 Å². The average Bonchev–Trinajstić information content (AvgIpc) is 3.14. The Morgan fingerprint density at radius 2 is 0.712 bits per heavy atom. The molecule has 0 N–H and O–H groups in total. The van der Waals surface area contributed by atoms with E-state index in [4.69, 9.17) is 18.9 Å². The lowest BCUT2D eigenvalue weighted by Gasteiger charge is -2.39. The first-order valence-corrected chi connectivity index (χ1v) is 21.7. The molecule has 52 heavy (non-hydrogen) atoms. The molecule has 0 spiro atoms. The van der Waals surface area contributed by atoms with Crippen molar-refractivity contribution in [3.05, 3.63) is 0 Å². The van der Waals surface area contributed by atoms with Gasteiger partial charge in [-0.3, -0.25) is 19.2 Å². The minimum atomic E-state index is -1.50. The van der Waals surface area contributed by atoms with Crippen LogP contribution in [-0.4, -0.2) is 50.3 Å². The molecule has 8 nitrogen and oxygen atoms in total. The summed E-state index contributed by atoms with van der Waals surface area (Å²) in [6.45, 7) is 19.0. The number of rotatable bonds is 34. The highest BCUT2D eigenvalue weighted by atomic mass is 16.6. The van der Waals surface area contributed by atoms with Crippen LogP contribution in [0.15, 0.2) is 0 Å². The van der Waals surface area contributed by atoms with Gasteiger partial charge in [0.25, 0.3) is 0 Å². The molecule has 0 saturated carbocycles. The van der Waals surface area contributed by atoms with E-state index in [9.17, 15) is 19.2 Å². The van der Waals surface area contributed by atoms with Crippen molar-refractivity contribution in [1.82, 2.24) is 0 Å². The van der Waals surface area contributed by atoms with Gasteiger partial charge in [0.2, 0.25) is 0 Å². The zero-order valence-electron chi connectivity index (χ0n) is 35.4. The molecule has 0 aromatic heterocycles. The van der Waals surface area contributed by atoms with Crippen molar-refractivity contribution in [1.29, 1.82) is 0 Å². The van der Waals surface area contributed by atoms with E-state index in [0.717, 1.165) is 44.4 Å². The van der Waals surface area contributed by atoms with Crippen LogP contribution in [0, 0.1) is 22.2 Å². The molecule has 0 aromatic rings. The highest BCUT2D eigenvalue weighted by Gasteiger charge is 2.51. The molecule has 0 aromatic carbocycles. The van der Waals surface area contributed by atoms with Crippen molar-refractivity contribution >= 4 is 23.9 Å². The van der Waals surface area contributed by atoms with E-state index in [1.165, 1.54) is 64.2 Å². The van der Waals surface area contributed by atoms with E-state index < -0.39 is 34.7 Å². The predicted molar refractivity (Wildman–Crippen MR) is 212 cm³/mol. The van der Waals surface area contributed by atoms with Gasteiger partial charge in [0, 0.05) is 0 Å². The zero-order valence-corrected chi connectivity index (χ0v) is 35.4. The van der Waals surface area contributed by atoms with Gasteiger partial charge in [0.05, 0.1) is 26.4 Å². The van der Waals surface area contributed by atoms with Gasteiger partial charge >= 0.3 is 23.9 Å². The minimum absolute atomic E-state index is 0.120. The molecule has 0 rings (SSSR count). The molecule has 1 unspecified atom stereocenters. The third kappa shape index (κ3) is 16.1. The SMILES string of the molecule is CCCCCCCCCC(CCCC(CCCCCCCCC(CC)C(CC)(CC)CC)(C(=O)OCC)C(=O)OCC)(C(=O)OCC)C(=O)OCC. The Morgan fingerprint density at radius 1 is 0.404 bits per heavy atom. The Bertz CT molecular complexity index is 912. The van der Waals surface area contributed by atoms with E-state index in [2.05, 4.69) is 34.6 Å². The summed E-state index contributed by atoms with van der Waals surface area (Å²) in [4.78, 5) is 54.5. The quantitative estimate of drug-likeness (QED) is 0.0278. The van der Waals surface area contributed by atoms with Crippen LogP contribution in [0.25, 0.3) is 0 Å². The second-order valence-electron chi connectivity index (χ2n) is 15.0. The average molecular weight is 739 g/mol. The number of carbonyl (C=O) groups excluding carboxylic acids is 4. The molecule has 0 amide bonds. The summed E-state index contributed by atoms with van der Waals surface area (Å²) in [7, 11) is 0. The summed E-state index contributed by atoms with van der Waals surface area (Å²) in [5.74, 6) is -1.59. The van der Waals surface area contributed by atoms with Crippen molar-refractivity contribution in [3.63, 3.8) is 0 Å². The smallest absolute Gasteiger partial charge is 0.323 e. The first-order valence-electron chi connectivity index (χ1n) is 21.7. The van der Waals surface area contributed by atoms with Crippen LogP contribution in [0.5, 0.6) is 0 Å². The standard InChI is InChI=1S/C44H82O8/c1-10-19-20-21-23-26-29-33-43(38(45)49-15-6,39(46)50-16-7)35-31-36-44(40(47)51-17-8,41(48)52-18-9)34-30-27-24-22-25-28-32-37(11-2)42(12-3,13-4)14-5/h37H,10-36H2,1-9H3. The fourth-order valence-electron chi connectivity index (χ4n) is 8.47. The van der Waals surface area contributed by atoms with Crippen LogP contribution >= 0.6 is 0 Å². The molecule has 0 aliphatic rings. The molecule has 306 valence electrons. The Morgan fingerprint density at radius 3 is 1.02 bits per heavy atom. The second kappa shape index (κ2) is 29.3. The van der Waals surface area contributed by atoms with Gasteiger partial charge in [-0.05, 0) is 77.6 Å². The summed E-state index contributed by atoms with van der Waals surface area (Å²) >= 11 is 0. The minimum Gasteiger partial charge on any atom is -0.465 e. The van der Waals surface area contributed by atoms with E-state index in [1.54, 1.807) is 27.7 Å². The van der Waals surface area contributed by atoms with Crippen LogP contribution in [-0.2, 0) is 38.1 Å². The summed E-state index contributed by atoms with van der Waals surface area (Å²) in [5, 5.41) is 0. The molecule has 0 fully saturated rings. The van der Waals surface area contributed by atoms with E-state index in [-0.39, 0.29) is 45.7 Å². The highest BCUT2D eigenvalue weighted by molar-refractivity contribution is 6.01. The van der Waals surface area contributed by atoms with Gasteiger partial charge in [0.1, 0.15) is 0 Å². The fraction of sp³-hybridized carbons (Fsp3) is 0.909. The highest BCUT2D eigenvalue weighted by Crippen LogP contribution is 2.43. The third-order valence-corrected chi connectivity index (χ3v) is 12.0. The lowest BCUT2D eigenvalue weighted by Crippen LogP contribution is -2.44. The maximum atomic E-state index is 13.7. The Kier molecular flexibility index (Phi) is 28.1. The van der Waals surface area contributed by atoms with Crippen LogP contribution < -0.4 is 0 Å². The number of hydrogen-bond donors (Lipinski definition) is 0. The first-order chi connectivity index (χ1) is 25.0. The van der Waals surface area contributed by atoms with Crippen molar-refractivity contribution in [2.24, 2.45) is 22.2 Å². The predicted octanol–water partition coefficient (Wildman–Crippen LogP) is 11.9. The van der Waals surface area contributed by atoms with Gasteiger partial charge in [0.15, 0.2) is 10.8 Å². The molecule has 0 bridgehead atoms. The number of hydrogen-bond acceptors (Lipinski definition) is 8. The summed E-state index contributed by atoms with van der Waals surface area (Å²) < 4.78 is 22.0. The monoisotopic (exact) mass is 739 g/mol. The fourth-order valence-corrected chi connectivity index (χ4v) is 8.47. The molecule has 8 heteroatoms. The maximum absolute atomic E-state index is 13.7. The molecular formula is C44H82O8. The van der Waals surface area contributed by atoms with Crippen molar-refractivity contribution < 1.29 is 38.1 Å². The third-order valence-electron chi connectivity index (χ3n) is 12.0.